The molecule has 0 saturated heterocycles. The van der Waals surface area contributed by atoms with Gasteiger partial charge in [-0.2, -0.15) is 0 Å². The van der Waals surface area contributed by atoms with Crippen LogP contribution in [0.15, 0.2) is 84.9 Å². The van der Waals surface area contributed by atoms with E-state index < -0.39 is 0 Å². The Morgan fingerprint density at radius 3 is 1.05 bits per heavy atom. The van der Waals surface area contributed by atoms with Gasteiger partial charge in [0.15, 0.2) is 0 Å². The molecule has 0 amide bonds. The highest BCUT2D eigenvalue weighted by Crippen LogP contribution is 2.54. The van der Waals surface area contributed by atoms with Crippen LogP contribution in [0.1, 0.15) is 155 Å². The maximum atomic E-state index is 2.62. The topological polar surface area (TPSA) is 9.86 Å². The van der Waals surface area contributed by atoms with E-state index in [1.54, 1.807) is 0 Å². The fourth-order valence-corrected chi connectivity index (χ4v) is 12.2. The van der Waals surface area contributed by atoms with E-state index in [0.29, 0.717) is 0 Å². The molecule has 0 aliphatic carbocycles. The molecule has 2 aliphatic rings. The molecule has 0 saturated carbocycles. The maximum Gasteiger partial charge on any atom is 0.0582 e. The van der Waals surface area contributed by atoms with Gasteiger partial charge in [0.25, 0.3) is 0 Å². The lowest BCUT2D eigenvalue weighted by atomic mass is 9.71. The van der Waals surface area contributed by atoms with Gasteiger partial charge in [0.2, 0.25) is 0 Å². The highest BCUT2D eigenvalue weighted by Gasteiger charge is 2.40. The lowest BCUT2D eigenvalue weighted by Gasteiger charge is -2.36. The molecule has 310 valence electrons. The lowest BCUT2D eigenvalue weighted by Crippen LogP contribution is -2.27. The zero-order valence-electron chi connectivity index (χ0n) is 39.4. The number of hydrogen-bond donors (Lipinski definition) is 0. The van der Waals surface area contributed by atoms with Crippen molar-refractivity contribution in [1.82, 2.24) is 9.13 Å². The molecule has 0 N–H and O–H groups in total. The van der Waals surface area contributed by atoms with Gasteiger partial charge in [-0.3, -0.25) is 0 Å². The summed E-state index contributed by atoms with van der Waals surface area (Å²) < 4.78 is 7.95. The van der Waals surface area contributed by atoms with Crippen molar-refractivity contribution in [2.75, 3.05) is 0 Å². The maximum absolute atomic E-state index is 2.62. The van der Waals surface area contributed by atoms with Gasteiger partial charge in [-0.1, -0.05) is 135 Å². The fourth-order valence-electron chi connectivity index (χ4n) is 11.1. The number of hydrogen-bond acceptors (Lipinski definition) is 1. The third kappa shape index (κ3) is 5.19. The van der Waals surface area contributed by atoms with E-state index in [4.69, 9.17) is 0 Å². The molecule has 2 nitrogen and oxygen atoms in total. The Morgan fingerprint density at radius 1 is 0.361 bits per heavy atom. The Labute approximate surface area is 366 Å². The number of benzene rings is 6. The third-order valence-electron chi connectivity index (χ3n) is 15.1. The van der Waals surface area contributed by atoms with E-state index in [2.05, 4.69) is 205 Å². The van der Waals surface area contributed by atoms with Crippen molar-refractivity contribution in [3.05, 3.63) is 129 Å². The molecule has 5 heterocycles. The number of aromatic nitrogens is 2. The quantitative estimate of drug-likeness (QED) is 0.144. The summed E-state index contributed by atoms with van der Waals surface area (Å²) in [6.45, 7) is 38.0. The van der Waals surface area contributed by atoms with Crippen LogP contribution in [0.25, 0.3) is 75.2 Å². The summed E-state index contributed by atoms with van der Waals surface area (Å²) in [6, 6.07) is 34.9. The van der Waals surface area contributed by atoms with Crippen LogP contribution in [0.2, 0.25) is 0 Å². The lowest BCUT2D eigenvalue weighted by molar-refractivity contribution is 0.581. The molecule has 11 rings (SSSR count). The Kier molecular flexibility index (Phi) is 7.41. The summed E-state index contributed by atoms with van der Waals surface area (Å²) in [7, 11) is 0. The minimum Gasteiger partial charge on any atom is -0.309 e. The molecule has 0 spiro atoms. The monoisotopic (exact) mass is 818 g/mol. The average Bonchev–Trinajstić information content (AvgIpc) is 3.80. The summed E-state index contributed by atoms with van der Waals surface area (Å²) in [4.78, 5) is 0. The summed E-state index contributed by atoms with van der Waals surface area (Å²) in [5, 5.41) is 8.22. The summed E-state index contributed by atoms with van der Waals surface area (Å²) in [5.74, 6) is 0. The normalized spacial score (nSPS) is 16.1. The second kappa shape index (κ2) is 11.6. The molecule has 0 radical (unpaired) electrons. The van der Waals surface area contributed by atoms with Gasteiger partial charge < -0.3 is 9.13 Å². The third-order valence-corrected chi connectivity index (χ3v) is 16.2. The van der Waals surface area contributed by atoms with Crippen LogP contribution >= 0.6 is 11.3 Å². The van der Waals surface area contributed by atoms with Gasteiger partial charge in [-0.05, 0) is 127 Å². The molecule has 3 aromatic heterocycles. The minimum absolute atomic E-state index is 0.0221. The fraction of sp³-hybridized carbons (Fsp3) is 0.379. The first kappa shape index (κ1) is 39.0. The Hall–Kier alpha value is -4.86. The molecule has 0 unspecified atom stereocenters. The minimum atomic E-state index is -0.203. The van der Waals surface area contributed by atoms with Crippen LogP contribution in [-0.2, 0) is 32.5 Å². The van der Waals surface area contributed by atoms with E-state index in [1.807, 2.05) is 11.3 Å². The van der Waals surface area contributed by atoms with Crippen LogP contribution in [-0.4, -0.2) is 9.13 Å². The van der Waals surface area contributed by atoms with Crippen LogP contribution in [0.5, 0.6) is 0 Å². The van der Waals surface area contributed by atoms with Gasteiger partial charge in [0.1, 0.15) is 0 Å². The van der Waals surface area contributed by atoms with Crippen molar-refractivity contribution in [1.29, 1.82) is 0 Å². The van der Waals surface area contributed by atoms with Crippen molar-refractivity contribution in [3.63, 3.8) is 0 Å². The smallest absolute Gasteiger partial charge is 0.0582 e. The first-order valence-electron chi connectivity index (χ1n) is 22.6. The van der Waals surface area contributed by atoms with E-state index in [-0.39, 0.29) is 32.5 Å². The van der Waals surface area contributed by atoms with Crippen LogP contribution in [0, 0.1) is 0 Å². The molecule has 61 heavy (non-hydrogen) atoms. The molecule has 9 aromatic rings. The summed E-state index contributed by atoms with van der Waals surface area (Å²) in [6.07, 6.45) is 0. The van der Waals surface area contributed by atoms with Gasteiger partial charge in [-0.25, -0.2) is 0 Å². The first-order chi connectivity index (χ1) is 28.3. The zero-order valence-corrected chi connectivity index (χ0v) is 40.2. The Morgan fingerprint density at radius 2 is 0.705 bits per heavy atom. The summed E-state index contributed by atoms with van der Waals surface area (Å²) in [5.41, 5.74) is 19.0. The van der Waals surface area contributed by atoms with Crippen LogP contribution in [0.3, 0.4) is 0 Å². The molecule has 0 bridgehead atoms. The van der Waals surface area contributed by atoms with E-state index in [9.17, 15) is 0 Å². The van der Waals surface area contributed by atoms with E-state index >= 15 is 0 Å². The van der Waals surface area contributed by atoms with Crippen molar-refractivity contribution < 1.29 is 0 Å². The van der Waals surface area contributed by atoms with Gasteiger partial charge >= 0.3 is 0 Å². The van der Waals surface area contributed by atoms with E-state index in [1.165, 1.54) is 120 Å². The number of thiophene rings is 1. The Balaban J connectivity index is 1.22. The predicted molar refractivity (Wildman–Crippen MR) is 267 cm³/mol. The summed E-state index contributed by atoms with van der Waals surface area (Å²) >= 11 is 1.96. The van der Waals surface area contributed by atoms with Gasteiger partial charge in [-0.15, -0.1) is 11.3 Å². The van der Waals surface area contributed by atoms with Gasteiger partial charge in [0, 0.05) is 52.5 Å². The highest BCUT2D eigenvalue weighted by molar-refractivity contribution is 7.25. The zero-order chi connectivity index (χ0) is 43.5. The number of rotatable bonds is 0. The number of nitrogens with zero attached hydrogens (tertiary/aromatic N) is 2. The highest BCUT2D eigenvalue weighted by atomic mass is 32.1. The second-order valence-corrected chi connectivity index (χ2v) is 25.1. The predicted octanol–water partition coefficient (Wildman–Crippen LogP) is 16.7. The average molecular weight is 819 g/mol. The standard InChI is InChI=1S/C58H62N2S/c1-53(2,3)31-17-19-45-35(21-31)39-23-33(55(7,8)9)25-43-51(39)59(45)47-29-49-37(27-41(47)57(43,13)14)38-28-42-48(30-50(38)61-49)60-46-20-18-32(54(4,5)6)22-36(46)40-24-34(56(10,11)12)26-44(52(40)60)58(42,15)16/h17-30H,1-16H3. The number of fused-ring (bicyclic) bond motifs is 13. The molecular weight excluding hydrogens is 757 g/mol. The van der Waals surface area contributed by atoms with E-state index in [0.717, 1.165) is 0 Å². The Bertz CT molecular complexity index is 3200. The van der Waals surface area contributed by atoms with Crippen LogP contribution in [0.4, 0.5) is 0 Å². The molecular formula is C58H62N2S. The van der Waals surface area contributed by atoms with Crippen LogP contribution < -0.4 is 0 Å². The van der Waals surface area contributed by atoms with Crippen molar-refractivity contribution in [3.8, 4) is 11.4 Å². The van der Waals surface area contributed by atoms with Crippen molar-refractivity contribution in [2.24, 2.45) is 0 Å². The molecule has 3 heteroatoms. The molecule has 2 aliphatic heterocycles. The molecule has 6 aromatic carbocycles. The first-order valence-corrected chi connectivity index (χ1v) is 23.4. The van der Waals surface area contributed by atoms with Gasteiger partial charge in [0.05, 0.1) is 33.4 Å². The SMILES string of the molecule is CC(C)(C)c1ccc2c(c1)c1cc(C(C)(C)C)cc3c1n2-c1cc2sc4cc5c(cc4c2cc1C3(C)C)C(C)(C)c1cc(C(C)(C)C)cc2c3cc(C(C)(C)C)ccc3n-5c12. The largest absolute Gasteiger partial charge is 0.309 e. The second-order valence-electron chi connectivity index (χ2n) is 24.1. The molecule has 0 atom stereocenters. The molecule has 0 fully saturated rings. The van der Waals surface area contributed by atoms with Crippen molar-refractivity contribution in [2.45, 2.75) is 143 Å². The van der Waals surface area contributed by atoms with Crippen molar-refractivity contribution >= 4 is 75.1 Å².